The second-order valence-corrected chi connectivity index (χ2v) is 4.13. The molecule has 1 aromatic heterocycles. The van der Waals surface area contributed by atoms with Crippen LogP contribution in [0.2, 0.25) is 0 Å². The average Bonchev–Trinajstić information content (AvgIpc) is 2.66. The molecule has 0 aromatic carbocycles. The van der Waals surface area contributed by atoms with E-state index in [0.717, 1.165) is 13.0 Å². The van der Waals surface area contributed by atoms with Gasteiger partial charge in [0.05, 0.1) is 13.2 Å². The fourth-order valence-electron chi connectivity index (χ4n) is 1.33. The lowest BCUT2D eigenvalue weighted by Gasteiger charge is -2.04. The molecule has 4 heteroatoms. The third-order valence-electron chi connectivity index (χ3n) is 2.08. The van der Waals surface area contributed by atoms with Crippen LogP contribution in [0.1, 0.15) is 24.3 Å². The van der Waals surface area contributed by atoms with Gasteiger partial charge in [-0.25, -0.2) is 0 Å². The highest BCUT2D eigenvalue weighted by molar-refractivity contribution is 7.10. The summed E-state index contributed by atoms with van der Waals surface area (Å²) in [4.78, 5) is 12.4. The second kappa shape index (κ2) is 6.58. The van der Waals surface area contributed by atoms with Gasteiger partial charge < -0.3 is 10.1 Å². The molecule has 3 nitrogen and oxygen atoms in total. The van der Waals surface area contributed by atoms with E-state index in [4.69, 9.17) is 4.74 Å². The van der Waals surface area contributed by atoms with E-state index in [2.05, 4.69) is 23.7 Å². The number of nitrogens with one attached hydrogen (secondary N) is 1. The largest absolute Gasteiger partial charge is 0.465 e. The number of ether oxygens (including phenoxy) is 1. The first-order valence-electron chi connectivity index (χ1n) is 5.19. The average molecular weight is 227 g/mol. The van der Waals surface area contributed by atoms with Crippen LogP contribution >= 0.6 is 11.3 Å². The van der Waals surface area contributed by atoms with Crippen LogP contribution in [0.3, 0.4) is 0 Å². The van der Waals surface area contributed by atoms with Gasteiger partial charge in [0, 0.05) is 11.4 Å². The molecule has 0 amide bonds. The van der Waals surface area contributed by atoms with Gasteiger partial charge >= 0.3 is 5.97 Å². The van der Waals surface area contributed by atoms with Crippen LogP contribution in [0.25, 0.3) is 0 Å². The van der Waals surface area contributed by atoms with E-state index < -0.39 is 0 Å². The van der Waals surface area contributed by atoms with Crippen molar-refractivity contribution in [3.63, 3.8) is 0 Å². The van der Waals surface area contributed by atoms with Gasteiger partial charge in [0.15, 0.2) is 0 Å². The number of aryl methyl sites for hydroxylation is 1. The van der Waals surface area contributed by atoms with Crippen molar-refractivity contribution in [3.05, 3.63) is 21.9 Å². The van der Waals surface area contributed by atoms with Crippen molar-refractivity contribution in [1.82, 2.24) is 5.32 Å². The normalized spacial score (nSPS) is 10.3. The summed E-state index contributed by atoms with van der Waals surface area (Å²) < 4.78 is 4.82. The van der Waals surface area contributed by atoms with Crippen LogP contribution in [-0.4, -0.2) is 19.1 Å². The van der Waals surface area contributed by atoms with Gasteiger partial charge in [-0.2, -0.15) is 0 Å². The Hall–Kier alpha value is -0.870. The zero-order valence-corrected chi connectivity index (χ0v) is 10.0. The van der Waals surface area contributed by atoms with E-state index >= 15 is 0 Å². The Balaban J connectivity index is 2.28. The molecular formula is C11H17NO2S. The van der Waals surface area contributed by atoms with E-state index in [1.54, 1.807) is 11.3 Å². The minimum absolute atomic E-state index is 0.188. The highest BCUT2D eigenvalue weighted by atomic mass is 32.1. The topological polar surface area (TPSA) is 38.3 Å². The smallest absolute Gasteiger partial charge is 0.319 e. The van der Waals surface area contributed by atoms with Gasteiger partial charge in [0.1, 0.15) is 0 Å². The van der Waals surface area contributed by atoms with Crippen LogP contribution in [0.4, 0.5) is 0 Å². The summed E-state index contributed by atoms with van der Waals surface area (Å²) in [7, 11) is 0. The summed E-state index contributed by atoms with van der Waals surface area (Å²) in [5.74, 6) is -0.188. The van der Waals surface area contributed by atoms with E-state index in [0.29, 0.717) is 6.61 Å². The number of carbonyl (C=O) groups is 1. The zero-order valence-electron chi connectivity index (χ0n) is 9.21. The second-order valence-electron chi connectivity index (χ2n) is 3.13. The molecule has 0 bridgehead atoms. The maximum atomic E-state index is 11.0. The molecule has 0 saturated heterocycles. The molecule has 1 aromatic rings. The highest BCUT2D eigenvalue weighted by Crippen LogP contribution is 2.16. The van der Waals surface area contributed by atoms with Gasteiger partial charge in [0.25, 0.3) is 0 Å². The van der Waals surface area contributed by atoms with Crippen LogP contribution in [0.5, 0.6) is 0 Å². The fraction of sp³-hybridized carbons (Fsp3) is 0.545. The van der Waals surface area contributed by atoms with Gasteiger partial charge in [-0.15, -0.1) is 11.3 Å². The maximum Gasteiger partial charge on any atom is 0.319 e. The Morgan fingerprint density at radius 1 is 1.53 bits per heavy atom. The minimum atomic E-state index is -0.188. The molecule has 15 heavy (non-hydrogen) atoms. The molecule has 0 spiro atoms. The van der Waals surface area contributed by atoms with Crippen molar-refractivity contribution in [1.29, 1.82) is 0 Å². The first-order valence-corrected chi connectivity index (χ1v) is 6.07. The van der Waals surface area contributed by atoms with Gasteiger partial charge in [-0.05, 0) is 30.4 Å². The maximum absolute atomic E-state index is 11.0. The first kappa shape index (κ1) is 12.2. The van der Waals surface area contributed by atoms with Crippen molar-refractivity contribution in [2.24, 2.45) is 0 Å². The van der Waals surface area contributed by atoms with E-state index in [-0.39, 0.29) is 12.5 Å². The summed E-state index contributed by atoms with van der Waals surface area (Å²) in [6.07, 6.45) is 1.04. The Bertz CT molecular complexity index is 309. The third-order valence-corrected chi connectivity index (χ3v) is 3.04. The Morgan fingerprint density at radius 3 is 3.00 bits per heavy atom. The first-order chi connectivity index (χ1) is 7.27. The lowest BCUT2D eigenvalue weighted by atomic mass is 10.2. The summed E-state index contributed by atoms with van der Waals surface area (Å²) in [6, 6.07) is 2.13. The lowest BCUT2D eigenvalue weighted by Crippen LogP contribution is -2.24. The fourth-order valence-corrected chi connectivity index (χ4v) is 2.27. The summed E-state index contributed by atoms with van der Waals surface area (Å²) in [5, 5.41) is 5.17. The van der Waals surface area contributed by atoms with Gasteiger partial charge in [-0.1, -0.05) is 6.92 Å². The number of hydrogen-bond acceptors (Lipinski definition) is 4. The predicted octanol–water partition coefficient (Wildman–Crippen LogP) is 1.96. The number of thiophene rings is 1. The minimum Gasteiger partial charge on any atom is -0.465 e. The molecular weight excluding hydrogens is 210 g/mol. The SMILES string of the molecule is CCOC(=O)CNCc1sccc1CC. The van der Waals surface area contributed by atoms with Crippen molar-refractivity contribution < 1.29 is 9.53 Å². The molecule has 1 N–H and O–H groups in total. The quantitative estimate of drug-likeness (QED) is 0.755. The van der Waals surface area contributed by atoms with Gasteiger partial charge in [0.2, 0.25) is 0 Å². The summed E-state index contributed by atoms with van der Waals surface area (Å²) in [5.41, 5.74) is 1.36. The van der Waals surface area contributed by atoms with Crippen molar-refractivity contribution in [2.45, 2.75) is 26.8 Å². The lowest BCUT2D eigenvalue weighted by molar-refractivity contribution is -0.142. The third kappa shape index (κ3) is 4.01. The van der Waals surface area contributed by atoms with Crippen LogP contribution in [0.15, 0.2) is 11.4 Å². The number of hydrogen-bond donors (Lipinski definition) is 1. The molecule has 0 aliphatic heterocycles. The predicted molar refractivity (Wildman–Crippen MR) is 62.0 cm³/mol. The molecule has 0 atom stereocenters. The van der Waals surface area contributed by atoms with Crippen LogP contribution in [0, 0.1) is 0 Å². The van der Waals surface area contributed by atoms with Crippen molar-refractivity contribution in [3.8, 4) is 0 Å². The Labute approximate surface area is 94.5 Å². The van der Waals surface area contributed by atoms with Crippen LogP contribution < -0.4 is 5.32 Å². The van der Waals surface area contributed by atoms with Crippen molar-refractivity contribution >= 4 is 17.3 Å². The number of rotatable bonds is 6. The summed E-state index contributed by atoms with van der Waals surface area (Å²) in [6.45, 7) is 5.43. The standard InChI is InChI=1S/C11H17NO2S/c1-3-9-5-6-15-10(9)7-12-8-11(13)14-4-2/h5-6,12H,3-4,7-8H2,1-2H3. The zero-order chi connectivity index (χ0) is 11.1. The molecule has 0 aliphatic rings. The van der Waals surface area contributed by atoms with Crippen molar-refractivity contribution in [2.75, 3.05) is 13.2 Å². The molecule has 84 valence electrons. The van der Waals surface area contributed by atoms with Gasteiger partial charge in [-0.3, -0.25) is 4.79 Å². The molecule has 1 rings (SSSR count). The van der Waals surface area contributed by atoms with Crippen LogP contribution in [-0.2, 0) is 22.5 Å². The highest BCUT2D eigenvalue weighted by Gasteiger charge is 2.04. The Kier molecular flexibility index (Phi) is 5.36. The van der Waals surface area contributed by atoms with E-state index in [1.807, 2.05) is 6.92 Å². The molecule has 0 fully saturated rings. The monoisotopic (exact) mass is 227 g/mol. The van der Waals surface area contributed by atoms with E-state index in [1.165, 1.54) is 10.4 Å². The molecule has 0 radical (unpaired) electrons. The summed E-state index contributed by atoms with van der Waals surface area (Å²) >= 11 is 1.72. The Morgan fingerprint density at radius 2 is 2.33 bits per heavy atom. The number of esters is 1. The molecule has 0 aliphatic carbocycles. The number of carbonyl (C=O) groups excluding carboxylic acids is 1. The molecule has 1 heterocycles. The molecule has 0 unspecified atom stereocenters. The van der Waals surface area contributed by atoms with E-state index in [9.17, 15) is 4.79 Å². The molecule has 0 saturated carbocycles.